The van der Waals surface area contributed by atoms with E-state index in [1.807, 2.05) is 0 Å². The van der Waals surface area contributed by atoms with Gasteiger partial charge >= 0.3 is 6.18 Å². The summed E-state index contributed by atoms with van der Waals surface area (Å²) in [6.07, 6.45) is 0.727. The van der Waals surface area contributed by atoms with Gasteiger partial charge < -0.3 is 5.32 Å². The number of nitrogens with one attached hydrogen (secondary N) is 1. The van der Waals surface area contributed by atoms with Crippen molar-refractivity contribution in [2.24, 2.45) is 16.5 Å². The molecule has 2 unspecified atom stereocenters. The summed E-state index contributed by atoms with van der Waals surface area (Å²) in [5.74, 6) is 1.05. The molecule has 2 saturated carbocycles. The predicted molar refractivity (Wildman–Crippen MR) is 104 cm³/mol. The molecule has 0 heterocycles. The largest absolute Gasteiger partial charge is 0.416 e. The third-order valence-corrected chi connectivity index (χ3v) is 6.84. The summed E-state index contributed by atoms with van der Waals surface area (Å²) >= 11 is 1.25. The molecule has 144 valence electrons. The molecule has 4 rings (SSSR count). The van der Waals surface area contributed by atoms with Gasteiger partial charge in [-0.1, -0.05) is 25.0 Å². The first-order chi connectivity index (χ1) is 12.9. The number of benzene rings is 2. The average molecular weight is 392 g/mol. The van der Waals surface area contributed by atoms with E-state index in [2.05, 4.69) is 29.6 Å². The monoisotopic (exact) mass is 392 g/mol. The quantitative estimate of drug-likeness (QED) is 0.608. The lowest BCUT2D eigenvalue weighted by atomic mass is 9.97. The number of rotatable bonds is 5. The van der Waals surface area contributed by atoms with Crippen molar-refractivity contribution < 1.29 is 13.2 Å². The van der Waals surface area contributed by atoms with Gasteiger partial charge in [0.1, 0.15) is 0 Å². The molecule has 0 amide bonds. The van der Waals surface area contributed by atoms with Crippen LogP contribution in [0, 0.1) is 11.3 Å². The van der Waals surface area contributed by atoms with E-state index in [4.69, 9.17) is 5.14 Å². The Morgan fingerprint density at radius 1 is 1.00 bits per heavy atom. The Morgan fingerprint density at radius 2 is 1.63 bits per heavy atom. The van der Waals surface area contributed by atoms with Crippen LogP contribution in [-0.4, -0.2) is 6.54 Å². The summed E-state index contributed by atoms with van der Waals surface area (Å²) < 4.78 is 38.1. The first-order valence-electron chi connectivity index (χ1n) is 9.32. The molecular weight excluding hydrogens is 369 g/mol. The molecule has 2 aromatic carbocycles. The van der Waals surface area contributed by atoms with Crippen LogP contribution in [0.5, 0.6) is 0 Å². The normalized spacial score (nSPS) is 23.6. The van der Waals surface area contributed by atoms with Crippen LogP contribution in [0.3, 0.4) is 0 Å². The molecule has 3 N–H and O–H groups in total. The highest BCUT2D eigenvalue weighted by atomic mass is 32.2. The summed E-state index contributed by atoms with van der Waals surface area (Å²) in [7, 11) is 0. The topological polar surface area (TPSA) is 38.0 Å². The van der Waals surface area contributed by atoms with Crippen LogP contribution >= 0.6 is 11.9 Å². The predicted octanol–water partition coefficient (Wildman–Crippen LogP) is 6.06. The van der Waals surface area contributed by atoms with Crippen LogP contribution < -0.4 is 10.5 Å². The maximum absolute atomic E-state index is 12.7. The fourth-order valence-corrected chi connectivity index (χ4v) is 5.23. The molecule has 2 nitrogen and oxygen atoms in total. The van der Waals surface area contributed by atoms with Gasteiger partial charge in [-0.15, -0.1) is 0 Å². The van der Waals surface area contributed by atoms with E-state index in [0.29, 0.717) is 17.3 Å². The van der Waals surface area contributed by atoms with Crippen molar-refractivity contribution in [2.45, 2.75) is 42.7 Å². The van der Waals surface area contributed by atoms with Gasteiger partial charge in [0.05, 0.1) is 5.56 Å². The Balaban J connectivity index is 1.45. The molecule has 0 saturated heterocycles. The van der Waals surface area contributed by atoms with Gasteiger partial charge in [0, 0.05) is 17.1 Å². The molecule has 27 heavy (non-hydrogen) atoms. The summed E-state index contributed by atoms with van der Waals surface area (Å²) in [6.45, 7) is 0.795. The third-order valence-electron chi connectivity index (χ3n) is 6.30. The molecule has 6 heteroatoms. The fraction of sp³-hybridized carbons (Fsp3) is 0.429. The number of alkyl halides is 3. The van der Waals surface area contributed by atoms with E-state index in [-0.39, 0.29) is 0 Å². The highest BCUT2D eigenvalue weighted by Gasteiger charge is 2.64. The fourth-order valence-electron chi connectivity index (χ4n) is 4.94. The van der Waals surface area contributed by atoms with Gasteiger partial charge in [0.25, 0.3) is 0 Å². The highest BCUT2D eigenvalue weighted by Crippen LogP contribution is 2.72. The zero-order valence-corrected chi connectivity index (χ0v) is 15.7. The Hall–Kier alpha value is -1.66. The molecular formula is C21H23F3N2S. The van der Waals surface area contributed by atoms with Crippen LogP contribution in [-0.2, 0) is 6.18 Å². The number of hydrogen-bond donors (Lipinski definition) is 2. The Kier molecular flexibility index (Phi) is 4.89. The van der Waals surface area contributed by atoms with E-state index in [0.717, 1.165) is 29.3 Å². The van der Waals surface area contributed by atoms with Crippen molar-refractivity contribution >= 4 is 17.6 Å². The maximum Gasteiger partial charge on any atom is 0.416 e. The van der Waals surface area contributed by atoms with E-state index in [1.54, 1.807) is 0 Å². The van der Waals surface area contributed by atoms with Crippen LogP contribution in [0.25, 0.3) is 0 Å². The number of nitrogens with two attached hydrogens (primary N) is 1. The van der Waals surface area contributed by atoms with E-state index in [9.17, 15) is 13.2 Å². The van der Waals surface area contributed by atoms with E-state index < -0.39 is 11.7 Å². The van der Waals surface area contributed by atoms with Crippen molar-refractivity contribution in [3.8, 4) is 0 Å². The summed E-state index contributed by atoms with van der Waals surface area (Å²) in [6, 6.07) is 13.8. The second-order valence-corrected chi connectivity index (χ2v) is 8.37. The summed E-state index contributed by atoms with van der Waals surface area (Å²) in [4.78, 5) is 1.05. The minimum Gasteiger partial charge on any atom is -0.385 e. The molecule has 2 atom stereocenters. The van der Waals surface area contributed by atoms with Gasteiger partial charge in [-0.05, 0) is 84.0 Å². The van der Waals surface area contributed by atoms with Crippen molar-refractivity contribution in [2.75, 3.05) is 11.9 Å². The SMILES string of the molecule is NSc1ccc(C2C(CNc3ccc(C(F)(F)F)cc3)C23CCCC3)cc1. The highest BCUT2D eigenvalue weighted by molar-refractivity contribution is 7.97. The Morgan fingerprint density at radius 3 is 2.19 bits per heavy atom. The minimum absolute atomic E-state index is 0.357. The van der Waals surface area contributed by atoms with Crippen molar-refractivity contribution in [3.63, 3.8) is 0 Å². The first-order valence-corrected chi connectivity index (χ1v) is 10.2. The molecule has 2 aliphatic rings. The molecule has 1 spiro atoms. The molecule has 2 aromatic rings. The Bertz CT molecular complexity index is 781. The molecule has 0 radical (unpaired) electrons. The number of halogens is 3. The standard InChI is InChI=1S/C21H23F3N2S/c22-21(23,24)15-5-7-16(8-6-15)26-13-18-19(20(18)11-1-2-12-20)14-3-9-17(27-25)10-4-14/h3-10,18-19,26H,1-2,11-13,25H2. The lowest BCUT2D eigenvalue weighted by molar-refractivity contribution is -0.137. The average Bonchev–Trinajstić information content (AvgIpc) is 3.00. The smallest absolute Gasteiger partial charge is 0.385 e. The first kappa shape index (κ1) is 18.7. The molecule has 0 bridgehead atoms. The summed E-state index contributed by atoms with van der Waals surface area (Å²) in [5, 5.41) is 8.99. The molecule has 0 aromatic heterocycles. The molecule has 0 aliphatic heterocycles. The second-order valence-electron chi connectivity index (χ2n) is 7.67. The van der Waals surface area contributed by atoms with Gasteiger partial charge in [0.15, 0.2) is 0 Å². The van der Waals surface area contributed by atoms with Crippen LogP contribution in [0.15, 0.2) is 53.4 Å². The molecule has 2 fully saturated rings. The molecule has 2 aliphatic carbocycles. The minimum atomic E-state index is -4.29. The second kappa shape index (κ2) is 7.06. The zero-order chi connectivity index (χ0) is 19.1. The third kappa shape index (κ3) is 3.57. The van der Waals surface area contributed by atoms with Crippen LogP contribution in [0.2, 0.25) is 0 Å². The van der Waals surface area contributed by atoms with Gasteiger partial charge in [0.2, 0.25) is 0 Å². The van der Waals surface area contributed by atoms with Gasteiger partial charge in [-0.25, -0.2) is 0 Å². The number of anilines is 1. The lowest BCUT2D eigenvalue weighted by Crippen LogP contribution is -2.09. The van der Waals surface area contributed by atoms with E-state index in [1.165, 1.54) is 55.3 Å². The van der Waals surface area contributed by atoms with Crippen molar-refractivity contribution in [3.05, 3.63) is 59.7 Å². The maximum atomic E-state index is 12.7. The van der Waals surface area contributed by atoms with Crippen LogP contribution in [0.1, 0.15) is 42.7 Å². The zero-order valence-electron chi connectivity index (χ0n) is 14.9. The van der Waals surface area contributed by atoms with Gasteiger partial charge in [-0.3, -0.25) is 5.14 Å². The number of hydrogen-bond acceptors (Lipinski definition) is 3. The van der Waals surface area contributed by atoms with Crippen LogP contribution in [0.4, 0.5) is 18.9 Å². The van der Waals surface area contributed by atoms with Gasteiger partial charge in [-0.2, -0.15) is 13.2 Å². The lowest BCUT2D eigenvalue weighted by Gasteiger charge is -2.11. The summed E-state index contributed by atoms with van der Waals surface area (Å²) in [5.41, 5.74) is 1.85. The van der Waals surface area contributed by atoms with Crippen molar-refractivity contribution in [1.82, 2.24) is 0 Å². The van der Waals surface area contributed by atoms with Crippen molar-refractivity contribution in [1.29, 1.82) is 0 Å². The Labute approximate surface area is 161 Å². The van der Waals surface area contributed by atoms with E-state index >= 15 is 0 Å².